The van der Waals surface area contributed by atoms with E-state index in [4.69, 9.17) is 4.74 Å². The van der Waals surface area contributed by atoms with E-state index < -0.39 is 0 Å². The Morgan fingerprint density at radius 2 is 1.63 bits per heavy atom. The van der Waals surface area contributed by atoms with Crippen LogP contribution in [-0.2, 0) is 4.74 Å². The van der Waals surface area contributed by atoms with Gasteiger partial charge in [0.25, 0.3) is 0 Å². The summed E-state index contributed by atoms with van der Waals surface area (Å²) in [7, 11) is 0. The molecule has 2 aromatic rings. The molecule has 0 radical (unpaired) electrons. The third-order valence-corrected chi connectivity index (χ3v) is 2.88. The van der Waals surface area contributed by atoms with Crippen molar-refractivity contribution in [1.29, 1.82) is 0 Å². The van der Waals surface area contributed by atoms with Gasteiger partial charge >= 0.3 is 0 Å². The second kappa shape index (κ2) is 6.95. The third-order valence-electron chi connectivity index (χ3n) is 2.88. The van der Waals surface area contributed by atoms with Crippen molar-refractivity contribution in [3.63, 3.8) is 0 Å². The summed E-state index contributed by atoms with van der Waals surface area (Å²) >= 11 is 0. The molecule has 0 atom stereocenters. The van der Waals surface area contributed by atoms with Gasteiger partial charge in [0.2, 0.25) is 0 Å². The minimum atomic E-state index is 0.283. The van der Waals surface area contributed by atoms with Crippen molar-refractivity contribution in [2.45, 2.75) is 20.0 Å². The van der Waals surface area contributed by atoms with E-state index in [1.165, 1.54) is 11.1 Å². The van der Waals surface area contributed by atoms with Gasteiger partial charge in [-0.25, -0.2) is 0 Å². The number of ether oxygens (including phenoxy) is 1. The van der Waals surface area contributed by atoms with Gasteiger partial charge in [0.1, 0.15) is 0 Å². The Morgan fingerprint density at radius 3 is 2.37 bits per heavy atom. The zero-order valence-corrected chi connectivity index (χ0v) is 11.6. The number of hydrogen-bond acceptors (Lipinski definition) is 2. The van der Waals surface area contributed by atoms with E-state index >= 15 is 0 Å². The number of benzene rings is 2. The molecule has 0 saturated carbocycles. The molecule has 0 spiro atoms. The van der Waals surface area contributed by atoms with E-state index in [2.05, 4.69) is 67.7 Å². The fourth-order valence-corrected chi connectivity index (χ4v) is 1.99. The number of nitrogens with one attached hydrogen (secondary N) is 1. The molecule has 19 heavy (non-hydrogen) atoms. The predicted octanol–water partition coefficient (Wildman–Crippen LogP) is 4.19. The smallest absolute Gasteiger partial charge is 0.0642 e. The summed E-state index contributed by atoms with van der Waals surface area (Å²) in [6, 6.07) is 18.8. The number of hydrogen-bond donors (Lipinski definition) is 1. The molecule has 0 unspecified atom stereocenters. The van der Waals surface area contributed by atoms with Crippen LogP contribution in [0.15, 0.2) is 54.6 Å². The Kier molecular flexibility index (Phi) is 4.99. The van der Waals surface area contributed by atoms with Gasteiger partial charge in [-0.1, -0.05) is 48.5 Å². The molecular weight excluding hydrogens is 234 g/mol. The third kappa shape index (κ3) is 4.11. The van der Waals surface area contributed by atoms with Gasteiger partial charge in [0, 0.05) is 17.8 Å². The Hall–Kier alpha value is -1.80. The first-order chi connectivity index (χ1) is 9.27. The first kappa shape index (κ1) is 13.6. The second-order valence-corrected chi connectivity index (χ2v) is 4.76. The van der Waals surface area contributed by atoms with Crippen LogP contribution >= 0.6 is 0 Å². The summed E-state index contributed by atoms with van der Waals surface area (Å²) in [5, 5.41) is 3.44. The van der Waals surface area contributed by atoms with Gasteiger partial charge in [0.15, 0.2) is 0 Å². The highest BCUT2D eigenvalue weighted by Gasteiger charge is 2.03. The van der Waals surface area contributed by atoms with Crippen molar-refractivity contribution in [3.8, 4) is 11.1 Å². The number of para-hydroxylation sites is 1. The molecule has 1 N–H and O–H groups in total. The van der Waals surface area contributed by atoms with Crippen molar-refractivity contribution in [2.75, 3.05) is 18.5 Å². The quantitative estimate of drug-likeness (QED) is 0.781. The monoisotopic (exact) mass is 255 g/mol. The summed E-state index contributed by atoms with van der Waals surface area (Å²) in [6.07, 6.45) is 0.283. The maximum atomic E-state index is 5.55. The molecule has 2 aromatic carbocycles. The lowest BCUT2D eigenvalue weighted by atomic mass is 10.0. The minimum Gasteiger partial charge on any atom is -0.382 e. The molecule has 0 bridgehead atoms. The highest BCUT2D eigenvalue weighted by atomic mass is 16.5. The van der Waals surface area contributed by atoms with Gasteiger partial charge < -0.3 is 10.1 Å². The SMILES string of the molecule is CC(C)OCCNc1ccccc1-c1ccccc1. The van der Waals surface area contributed by atoms with Crippen LogP contribution in [0, 0.1) is 0 Å². The maximum absolute atomic E-state index is 5.55. The largest absolute Gasteiger partial charge is 0.382 e. The molecule has 0 aliphatic heterocycles. The van der Waals surface area contributed by atoms with E-state index in [-0.39, 0.29) is 6.10 Å². The van der Waals surface area contributed by atoms with E-state index in [9.17, 15) is 0 Å². The second-order valence-electron chi connectivity index (χ2n) is 4.76. The molecule has 2 rings (SSSR count). The Balaban J connectivity index is 2.05. The number of anilines is 1. The zero-order chi connectivity index (χ0) is 13.5. The fourth-order valence-electron chi connectivity index (χ4n) is 1.99. The van der Waals surface area contributed by atoms with E-state index in [0.29, 0.717) is 0 Å². The lowest BCUT2D eigenvalue weighted by molar-refractivity contribution is 0.0870. The first-order valence-corrected chi connectivity index (χ1v) is 6.77. The summed E-state index contributed by atoms with van der Waals surface area (Å²) in [5.41, 5.74) is 3.61. The summed E-state index contributed by atoms with van der Waals surface area (Å²) in [4.78, 5) is 0. The lowest BCUT2D eigenvalue weighted by Gasteiger charge is -2.13. The predicted molar refractivity (Wildman–Crippen MR) is 81.5 cm³/mol. The standard InChI is InChI=1S/C17H21NO/c1-14(2)19-13-12-18-17-11-7-6-10-16(17)15-8-4-3-5-9-15/h3-11,14,18H,12-13H2,1-2H3. The van der Waals surface area contributed by atoms with Crippen LogP contribution in [0.3, 0.4) is 0 Å². The maximum Gasteiger partial charge on any atom is 0.0642 e. The average molecular weight is 255 g/mol. The van der Waals surface area contributed by atoms with Crippen LogP contribution < -0.4 is 5.32 Å². The zero-order valence-electron chi connectivity index (χ0n) is 11.6. The molecule has 0 aliphatic carbocycles. The summed E-state index contributed by atoms with van der Waals surface area (Å²) in [6.45, 7) is 5.65. The summed E-state index contributed by atoms with van der Waals surface area (Å²) in [5.74, 6) is 0. The van der Waals surface area contributed by atoms with Crippen molar-refractivity contribution in [2.24, 2.45) is 0 Å². The molecule has 2 nitrogen and oxygen atoms in total. The van der Waals surface area contributed by atoms with Crippen LogP contribution in [0.25, 0.3) is 11.1 Å². The van der Waals surface area contributed by atoms with Crippen molar-refractivity contribution >= 4 is 5.69 Å². The average Bonchev–Trinajstić information content (AvgIpc) is 2.45. The minimum absolute atomic E-state index is 0.283. The molecule has 0 aromatic heterocycles. The molecule has 100 valence electrons. The normalized spacial score (nSPS) is 10.7. The van der Waals surface area contributed by atoms with Gasteiger partial charge in [-0.15, -0.1) is 0 Å². The Bertz CT molecular complexity index is 494. The van der Waals surface area contributed by atoms with Gasteiger partial charge in [-0.05, 0) is 25.5 Å². The van der Waals surface area contributed by atoms with Crippen LogP contribution in [0.4, 0.5) is 5.69 Å². The van der Waals surface area contributed by atoms with E-state index in [1.807, 2.05) is 6.07 Å². The van der Waals surface area contributed by atoms with Crippen LogP contribution in [-0.4, -0.2) is 19.3 Å². The first-order valence-electron chi connectivity index (χ1n) is 6.77. The van der Waals surface area contributed by atoms with Crippen LogP contribution in [0.2, 0.25) is 0 Å². The van der Waals surface area contributed by atoms with Crippen molar-refractivity contribution in [3.05, 3.63) is 54.6 Å². The Labute approximate surface area is 115 Å². The van der Waals surface area contributed by atoms with Crippen molar-refractivity contribution < 1.29 is 4.74 Å². The van der Waals surface area contributed by atoms with Crippen LogP contribution in [0.1, 0.15) is 13.8 Å². The molecule has 0 fully saturated rings. The molecule has 0 heterocycles. The van der Waals surface area contributed by atoms with Gasteiger partial charge in [-0.3, -0.25) is 0 Å². The number of rotatable bonds is 6. The van der Waals surface area contributed by atoms with Crippen LogP contribution in [0.5, 0.6) is 0 Å². The van der Waals surface area contributed by atoms with E-state index in [1.54, 1.807) is 0 Å². The van der Waals surface area contributed by atoms with E-state index in [0.717, 1.165) is 18.8 Å². The van der Waals surface area contributed by atoms with Crippen molar-refractivity contribution in [1.82, 2.24) is 0 Å². The fraction of sp³-hybridized carbons (Fsp3) is 0.294. The highest BCUT2D eigenvalue weighted by Crippen LogP contribution is 2.27. The molecule has 2 heteroatoms. The molecule has 0 aliphatic rings. The topological polar surface area (TPSA) is 21.3 Å². The molecule has 0 amide bonds. The summed E-state index contributed by atoms with van der Waals surface area (Å²) < 4.78 is 5.55. The van der Waals surface area contributed by atoms with Gasteiger partial charge in [-0.2, -0.15) is 0 Å². The van der Waals surface area contributed by atoms with Gasteiger partial charge in [0.05, 0.1) is 12.7 Å². The molecule has 0 saturated heterocycles. The molecular formula is C17H21NO. The Morgan fingerprint density at radius 1 is 0.947 bits per heavy atom. The lowest BCUT2D eigenvalue weighted by Crippen LogP contribution is -2.13. The highest BCUT2D eigenvalue weighted by molar-refractivity contribution is 5.77.